The predicted octanol–water partition coefficient (Wildman–Crippen LogP) is 2.73. The average Bonchev–Trinajstić information content (AvgIpc) is 3.43. The first kappa shape index (κ1) is 15.3. The maximum Gasteiger partial charge on any atom is 0.361 e. The third-order valence-corrected chi connectivity index (χ3v) is 4.28. The van der Waals surface area contributed by atoms with E-state index in [-0.39, 0.29) is 6.01 Å². The number of fused-ring (bicyclic) bond motifs is 1. The number of tetrazole rings is 1. The third kappa shape index (κ3) is 2.61. The second kappa shape index (κ2) is 6.06. The van der Waals surface area contributed by atoms with Gasteiger partial charge in [0.1, 0.15) is 5.75 Å². The Kier molecular flexibility index (Phi) is 3.42. The second-order valence-electron chi connectivity index (χ2n) is 5.89. The van der Waals surface area contributed by atoms with Crippen molar-refractivity contribution >= 4 is 11.0 Å². The van der Waals surface area contributed by atoms with Crippen molar-refractivity contribution in [1.29, 1.82) is 0 Å². The number of hydrogen-bond donors (Lipinski definition) is 1. The molecule has 0 unspecified atom stereocenters. The van der Waals surface area contributed by atoms with E-state index in [1.165, 1.54) is 0 Å². The lowest BCUT2D eigenvalue weighted by Crippen LogP contribution is -2.01. The van der Waals surface area contributed by atoms with Crippen LogP contribution >= 0.6 is 0 Å². The summed E-state index contributed by atoms with van der Waals surface area (Å²) in [5.74, 6) is 2.18. The maximum atomic E-state index is 5.51. The van der Waals surface area contributed by atoms with Gasteiger partial charge in [-0.25, -0.2) is 9.97 Å². The van der Waals surface area contributed by atoms with Crippen molar-refractivity contribution < 1.29 is 4.74 Å². The van der Waals surface area contributed by atoms with Gasteiger partial charge in [0.05, 0.1) is 11.0 Å². The van der Waals surface area contributed by atoms with Gasteiger partial charge in [-0.1, -0.05) is 22.3 Å². The Labute approximate surface area is 153 Å². The summed E-state index contributed by atoms with van der Waals surface area (Å²) in [7, 11) is 1.99. The van der Waals surface area contributed by atoms with Gasteiger partial charge in [0, 0.05) is 25.1 Å². The molecule has 9 heteroatoms. The molecule has 0 saturated heterocycles. The van der Waals surface area contributed by atoms with Crippen molar-refractivity contribution in [3.8, 4) is 29.1 Å². The lowest BCUT2D eigenvalue weighted by molar-refractivity contribution is 0.442. The highest BCUT2D eigenvalue weighted by molar-refractivity contribution is 5.79. The van der Waals surface area contributed by atoms with Gasteiger partial charge in [-0.3, -0.25) is 4.57 Å². The molecule has 1 N–H and O–H groups in total. The molecule has 0 radical (unpaired) electrons. The molecule has 9 nitrogen and oxygen atoms in total. The molecular formula is C18H14N8O. The quantitative estimate of drug-likeness (QED) is 0.530. The van der Waals surface area contributed by atoms with E-state index in [1.807, 2.05) is 70.9 Å². The summed E-state index contributed by atoms with van der Waals surface area (Å²) >= 11 is 0. The minimum atomic E-state index is 0.172. The first-order valence-corrected chi connectivity index (χ1v) is 8.26. The van der Waals surface area contributed by atoms with Gasteiger partial charge in [0.2, 0.25) is 0 Å². The van der Waals surface area contributed by atoms with Crippen LogP contribution in [0, 0.1) is 0 Å². The fraction of sp³-hybridized carbons (Fsp3) is 0.0556. The van der Waals surface area contributed by atoms with Gasteiger partial charge in [0.15, 0.2) is 11.6 Å². The topological polar surface area (TPSA) is 99.3 Å². The molecule has 0 atom stereocenters. The van der Waals surface area contributed by atoms with E-state index in [0.717, 1.165) is 28.4 Å². The molecule has 5 rings (SSSR count). The molecular weight excluding hydrogens is 344 g/mol. The van der Waals surface area contributed by atoms with Crippen LogP contribution in [0.5, 0.6) is 11.8 Å². The van der Waals surface area contributed by atoms with Crippen molar-refractivity contribution in [2.45, 2.75) is 0 Å². The molecule has 0 aliphatic carbocycles. The lowest BCUT2D eigenvalue weighted by Gasteiger charge is -2.09. The molecule has 3 aromatic heterocycles. The van der Waals surface area contributed by atoms with Crippen molar-refractivity contribution in [2.75, 3.05) is 0 Å². The largest absolute Gasteiger partial charge is 0.422 e. The number of para-hydroxylation sites is 2. The Morgan fingerprint density at radius 1 is 1.00 bits per heavy atom. The van der Waals surface area contributed by atoms with Crippen molar-refractivity contribution in [2.24, 2.45) is 7.05 Å². The number of imidazole rings is 2. The first-order valence-electron chi connectivity index (χ1n) is 8.26. The van der Waals surface area contributed by atoms with E-state index in [0.29, 0.717) is 5.75 Å². The van der Waals surface area contributed by atoms with Crippen LogP contribution in [0.1, 0.15) is 0 Å². The van der Waals surface area contributed by atoms with Crippen LogP contribution in [0.15, 0.2) is 60.9 Å². The van der Waals surface area contributed by atoms with Crippen molar-refractivity contribution in [3.05, 3.63) is 60.9 Å². The van der Waals surface area contributed by atoms with Crippen LogP contribution in [0.2, 0.25) is 0 Å². The van der Waals surface area contributed by atoms with Crippen LogP contribution in [0.4, 0.5) is 0 Å². The molecule has 132 valence electrons. The highest BCUT2D eigenvalue weighted by atomic mass is 16.5. The van der Waals surface area contributed by atoms with E-state index >= 15 is 0 Å². The molecule has 0 aliphatic heterocycles. The van der Waals surface area contributed by atoms with Crippen molar-refractivity contribution in [1.82, 2.24) is 39.7 Å². The van der Waals surface area contributed by atoms with Gasteiger partial charge in [0.25, 0.3) is 0 Å². The Morgan fingerprint density at radius 2 is 1.85 bits per heavy atom. The van der Waals surface area contributed by atoms with Gasteiger partial charge in [-0.2, -0.15) is 5.21 Å². The van der Waals surface area contributed by atoms with E-state index in [2.05, 4.69) is 25.6 Å². The molecule has 3 heterocycles. The molecule has 0 saturated carbocycles. The smallest absolute Gasteiger partial charge is 0.361 e. The summed E-state index contributed by atoms with van der Waals surface area (Å²) in [4.78, 5) is 9.25. The zero-order valence-electron chi connectivity index (χ0n) is 14.3. The van der Waals surface area contributed by atoms with Crippen LogP contribution in [-0.2, 0) is 7.05 Å². The van der Waals surface area contributed by atoms with Gasteiger partial charge >= 0.3 is 6.01 Å². The van der Waals surface area contributed by atoms with Crippen LogP contribution in [0.3, 0.4) is 0 Å². The standard InChI is InChI=1S/C18H14N8O/c1-25-15-5-3-2-4-14(15)20-17(25)16-19-10-11-26(16)12-6-8-13(9-7-12)27-18-21-23-24-22-18/h2-11H,1H3,(H,21,22,23,24). The number of nitrogens with one attached hydrogen (secondary N) is 1. The molecule has 0 aliphatic rings. The average molecular weight is 358 g/mol. The van der Waals surface area contributed by atoms with Crippen LogP contribution in [-0.4, -0.2) is 39.7 Å². The highest BCUT2D eigenvalue weighted by Gasteiger charge is 2.15. The Hall–Kier alpha value is -4.01. The summed E-state index contributed by atoms with van der Waals surface area (Å²) in [5, 5.41) is 13.4. The van der Waals surface area contributed by atoms with Gasteiger partial charge in [-0.15, -0.1) is 0 Å². The SMILES string of the molecule is Cn1c(-c2nccn2-c2ccc(Oc3nn[nH]n3)cc2)nc2ccccc21. The van der Waals surface area contributed by atoms with Gasteiger partial charge in [-0.05, 0) is 41.6 Å². The molecule has 2 aromatic carbocycles. The molecule has 0 fully saturated rings. The number of ether oxygens (including phenoxy) is 1. The molecule has 0 amide bonds. The second-order valence-corrected chi connectivity index (χ2v) is 5.89. The summed E-state index contributed by atoms with van der Waals surface area (Å²) in [5.41, 5.74) is 2.94. The summed E-state index contributed by atoms with van der Waals surface area (Å²) in [6.45, 7) is 0. The van der Waals surface area contributed by atoms with Crippen LogP contribution in [0.25, 0.3) is 28.4 Å². The Bertz CT molecular complexity index is 1200. The molecule has 0 bridgehead atoms. The van der Waals surface area contributed by atoms with E-state index in [9.17, 15) is 0 Å². The first-order chi connectivity index (χ1) is 13.3. The number of aromatic amines is 1. The van der Waals surface area contributed by atoms with Crippen LogP contribution < -0.4 is 4.74 Å². The number of rotatable bonds is 4. The Morgan fingerprint density at radius 3 is 2.63 bits per heavy atom. The Balaban J connectivity index is 1.52. The number of nitrogens with zero attached hydrogens (tertiary/aromatic N) is 7. The highest BCUT2D eigenvalue weighted by Crippen LogP contribution is 2.26. The molecule has 0 spiro atoms. The summed E-state index contributed by atoms with van der Waals surface area (Å²) in [6.07, 6.45) is 3.67. The maximum absolute atomic E-state index is 5.51. The molecule has 5 aromatic rings. The number of aryl methyl sites for hydroxylation is 1. The summed E-state index contributed by atoms with van der Waals surface area (Å²) in [6, 6.07) is 15.7. The number of benzene rings is 2. The predicted molar refractivity (Wildman–Crippen MR) is 97.5 cm³/mol. The van der Waals surface area contributed by atoms with E-state index in [4.69, 9.17) is 9.72 Å². The minimum absolute atomic E-state index is 0.172. The fourth-order valence-electron chi connectivity index (χ4n) is 3.00. The number of hydrogen-bond acceptors (Lipinski definition) is 6. The normalized spacial score (nSPS) is 11.1. The van der Waals surface area contributed by atoms with E-state index < -0.39 is 0 Å². The zero-order valence-corrected chi connectivity index (χ0v) is 14.3. The lowest BCUT2D eigenvalue weighted by atomic mass is 10.3. The molecule has 27 heavy (non-hydrogen) atoms. The third-order valence-electron chi connectivity index (χ3n) is 4.28. The van der Waals surface area contributed by atoms with Crippen molar-refractivity contribution in [3.63, 3.8) is 0 Å². The minimum Gasteiger partial charge on any atom is -0.422 e. The van der Waals surface area contributed by atoms with Gasteiger partial charge < -0.3 is 9.30 Å². The monoisotopic (exact) mass is 358 g/mol. The fourth-order valence-corrected chi connectivity index (χ4v) is 3.00. The summed E-state index contributed by atoms with van der Waals surface area (Å²) < 4.78 is 9.54. The zero-order chi connectivity index (χ0) is 18.2. The van der Waals surface area contributed by atoms with E-state index in [1.54, 1.807) is 6.20 Å². The number of H-pyrrole nitrogens is 1. The number of aromatic nitrogens is 8.